The van der Waals surface area contributed by atoms with Crippen LogP contribution in [0.25, 0.3) is 44.6 Å². The Morgan fingerprint density at radius 3 is 1.22 bits per heavy atom. The Balaban J connectivity index is 0.000000194. The summed E-state index contributed by atoms with van der Waals surface area (Å²) in [5, 5.41) is 29.1. The van der Waals surface area contributed by atoms with Gasteiger partial charge in [0.15, 0.2) is 11.6 Å². The molecule has 0 unspecified atom stereocenters. The fourth-order valence-electron chi connectivity index (χ4n) is 5.73. The van der Waals surface area contributed by atoms with Crippen molar-refractivity contribution in [1.29, 1.82) is 0 Å². The minimum Gasteiger partial charge on any atom is -0.507 e. The van der Waals surface area contributed by atoms with E-state index in [0.717, 1.165) is 85.8 Å². The first-order chi connectivity index (χ1) is 24.4. The Hall–Kier alpha value is -5.32. The van der Waals surface area contributed by atoms with Crippen molar-refractivity contribution >= 4 is 33.4 Å². The maximum absolute atomic E-state index is 10.1. The number of hydrogen-bond donors (Lipinski definition) is 4. The summed E-state index contributed by atoms with van der Waals surface area (Å²) in [6.45, 7) is 16.3. The number of phenols is 2. The summed E-state index contributed by atoms with van der Waals surface area (Å²) in [6.07, 6.45) is 0. The second-order valence-corrected chi connectivity index (χ2v) is 11.8. The molecular weight excluding hydrogens is 624 g/mol. The number of nitrogens with zero attached hydrogens (tertiary/aromatic N) is 6. The zero-order chi connectivity index (χ0) is 35.3. The molecule has 2 heterocycles. The molecule has 0 saturated carbocycles. The van der Waals surface area contributed by atoms with Gasteiger partial charge in [0.25, 0.3) is 0 Å². The Bertz CT molecular complexity index is 1830. The molecule has 50 heavy (non-hydrogen) atoms. The number of likely N-dealkylation sites (N-methyl/N-ethyl adjacent to an activating group) is 2. The highest BCUT2D eigenvalue weighted by atomic mass is 16.3. The average molecular weight is 673 g/mol. The molecule has 0 aliphatic heterocycles. The summed E-state index contributed by atoms with van der Waals surface area (Å²) in [5.74, 6) is 3.04. The number of nitrogens with one attached hydrogen (secondary N) is 2. The summed E-state index contributed by atoms with van der Waals surface area (Å²) >= 11 is 0. The normalized spacial score (nSPS) is 11.2. The van der Waals surface area contributed by atoms with Crippen molar-refractivity contribution in [3.8, 4) is 34.3 Å². The first kappa shape index (κ1) is 36.0. The van der Waals surface area contributed by atoms with Crippen molar-refractivity contribution in [2.24, 2.45) is 0 Å². The lowest BCUT2D eigenvalue weighted by atomic mass is 10.1. The lowest BCUT2D eigenvalue weighted by molar-refractivity contribution is 0.316. The predicted molar refractivity (Wildman–Crippen MR) is 206 cm³/mol. The number of anilines is 2. The van der Waals surface area contributed by atoms with E-state index in [1.54, 1.807) is 24.3 Å². The molecule has 6 rings (SSSR count). The Labute approximate surface area is 294 Å². The molecule has 0 atom stereocenters. The van der Waals surface area contributed by atoms with E-state index >= 15 is 0 Å². The lowest BCUT2D eigenvalue weighted by Gasteiger charge is -2.19. The van der Waals surface area contributed by atoms with Crippen molar-refractivity contribution in [3.63, 3.8) is 0 Å². The molecule has 0 fully saturated rings. The van der Waals surface area contributed by atoms with Crippen molar-refractivity contribution in [2.75, 3.05) is 63.0 Å². The number of rotatable bonds is 14. The second kappa shape index (κ2) is 17.9. The molecule has 0 spiro atoms. The van der Waals surface area contributed by atoms with Gasteiger partial charge in [-0.25, -0.2) is 19.9 Å². The highest BCUT2D eigenvalue weighted by molar-refractivity contribution is 5.91. The second-order valence-electron chi connectivity index (χ2n) is 11.8. The Morgan fingerprint density at radius 1 is 0.480 bits per heavy atom. The Morgan fingerprint density at radius 2 is 0.840 bits per heavy atom. The standard InChI is InChI=1S/2C20H24N4O/c2*1-3-24(4-2)14-13-21-19-15-9-5-7-11-17(15)22-20(23-19)16-10-6-8-12-18(16)25/h2*5-12,25H,3-4,13-14H2,1-2H3,(H,21,22,23). The lowest BCUT2D eigenvalue weighted by Crippen LogP contribution is -2.28. The monoisotopic (exact) mass is 672 g/mol. The minimum atomic E-state index is 0.187. The number of fused-ring (bicyclic) bond motifs is 2. The van der Waals surface area contributed by atoms with E-state index in [0.29, 0.717) is 22.8 Å². The van der Waals surface area contributed by atoms with Gasteiger partial charge in [-0.3, -0.25) is 0 Å². The fraction of sp³-hybridized carbons (Fsp3) is 0.300. The molecular formula is C40H48N8O2. The van der Waals surface area contributed by atoms with Gasteiger partial charge >= 0.3 is 0 Å². The molecule has 10 heteroatoms. The molecule has 0 radical (unpaired) electrons. The first-order valence-corrected chi connectivity index (χ1v) is 17.5. The zero-order valence-electron chi connectivity index (χ0n) is 29.5. The molecule has 0 amide bonds. The van der Waals surface area contributed by atoms with Gasteiger partial charge in [0.2, 0.25) is 0 Å². The highest BCUT2D eigenvalue weighted by Gasteiger charge is 2.13. The molecule has 0 saturated heterocycles. The summed E-state index contributed by atoms with van der Waals surface area (Å²) in [5.41, 5.74) is 3.00. The zero-order valence-corrected chi connectivity index (χ0v) is 29.5. The number of phenolic OH excluding ortho intramolecular Hbond substituents is 2. The van der Waals surface area contributed by atoms with Gasteiger partial charge in [0, 0.05) is 37.0 Å². The number of benzene rings is 4. The number of hydrogen-bond acceptors (Lipinski definition) is 10. The van der Waals surface area contributed by atoms with Gasteiger partial charge in [-0.15, -0.1) is 0 Å². The quantitative estimate of drug-likeness (QED) is 0.0925. The summed E-state index contributed by atoms with van der Waals surface area (Å²) < 4.78 is 0. The molecule has 2 aromatic heterocycles. The van der Waals surface area contributed by atoms with Gasteiger partial charge in [-0.1, -0.05) is 76.2 Å². The largest absolute Gasteiger partial charge is 0.507 e. The number of aromatic hydroxyl groups is 2. The van der Waals surface area contributed by atoms with E-state index in [1.807, 2.05) is 72.8 Å². The molecule has 0 aliphatic carbocycles. The van der Waals surface area contributed by atoms with Crippen LogP contribution in [0.15, 0.2) is 97.1 Å². The van der Waals surface area contributed by atoms with Gasteiger partial charge in [-0.2, -0.15) is 0 Å². The van der Waals surface area contributed by atoms with Crippen LogP contribution in [0, 0.1) is 0 Å². The first-order valence-electron chi connectivity index (χ1n) is 17.5. The maximum Gasteiger partial charge on any atom is 0.165 e. The van der Waals surface area contributed by atoms with Gasteiger partial charge in [0.05, 0.1) is 22.2 Å². The van der Waals surface area contributed by atoms with Crippen LogP contribution in [-0.4, -0.2) is 92.3 Å². The molecule has 4 N–H and O–H groups in total. The van der Waals surface area contributed by atoms with E-state index < -0.39 is 0 Å². The van der Waals surface area contributed by atoms with E-state index in [-0.39, 0.29) is 11.5 Å². The van der Waals surface area contributed by atoms with Gasteiger partial charge in [0.1, 0.15) is 23.1 Å². The van der Waals surface area contributed by atoms with E-state index in [2.05, 4.69) is 68.1 Å². The molecule has 10 nitrogen and oxygen atoms in total. The smallest absolute Gasteiger partial charge is 0.165 e. The van der Waals surface area contributed by atoms with Crippen molar-refractivity contribution in [2.45, 2.75) is 27.7 Å². The molecule has 6 aromatic rings. The Kier molecular flexibility index (Phi) is 12.9. The molecule has 0 bridgehead atoms. The number of para-hydroxylation sites is 4. The van der Waals surface area contributed by atoms with E-state index in [9.17, 15) is 10.2 Å². The van der Waals surface area contributed by atoms with Gasteiger partial charge in [-0.05, 0) is 74.7 Å². The van der Waals surface area contributed by atoms with Crippen LogP contribution in [0.1, 0.15) is 27.7 Å². The molecule has 0 aliphatic rings. The van der Waals surface area contributed by atoms with Crippen molar-refractivity contribution in [1.82, 2.24) is 29.7 Å². The van der Waals surface area contributed by atoms with Crippen LogP contribution in [-0.2, 0) is 0 Å². The average Bonchev–Trinajstić information content (AvgIpc) is 3.15. The van der Waals surface area contributed by atoms with Crippen LogP contribution >= 0.6 is 0 Å². The van der Waals surface area contributed by atoms with Crippen LogP contribution in [0.5, 0.6) is 11.5 Å². The van der Waals surface area contributed by atoms with E-state index in [1.165, 1.54) is 0 Å². The van der Waals surface area contributed by atoms with Crippen molar-refractivity contribution < 1.29 is 10.2 Å². The highest BCUT2D eigenvalue weighted by Crippen LogP contribution is 2.31. The summed E-state index contributed by atoms with van der Waals surface area (Å²) in [6, 6.07) is 30.2. The summed E-state index contributed by atoms with van der Waals surface area (Å²) in [4.78, 5) is 23.3. The molecule has 260 valence electrons. The topological polar surface area (TPSA) is 123 Å². The van der Waals surface area contributed by atoms with Gasteiger partial charge < -0.3 is 30.6 Å². The third-order valence-electron chi connectivity index (χ3n) is 8.73. The fourth-order valence-corrected chi connectivity index (χ4v) is 5.73. The van der Waals surface area contributed by atoms with Crippen LogP contribution in [0.3, 0.4) is 0 Å². The maximum atomic E-state index is 10.1. The van der Waals surface area contributed by atoms with E-state index in [4.69, 9.17) is 0 Å². The predicted octanol–water partition coefficient (Wildman–Crippen LogP) is 7.51. The minimum absolute atomic E-state index is 0.187. The van der Waals surface area contributed by atoms with Crippen LogP contribution in [0.4, 0.5) is 11.6 Å². The van der Waals surface area contributed by atoms with Crippen LogP contribution < -0.4 is 10.6 Å². The SMILES string of the molecule is CCN(CC)CCNc1nc(-c2ccccc2O)nc2ccccc12.CCN(CC)CCNc1nc(-c2ccccc2O)nc2ccccc12. The molecule has 4 aromatic carbocycles. The third kappa shape index (κ3) is 9.02. The third-order valence-corrected chi connectivity index (χ3v) is 8.73. The number of aromatic nitrogens is 4. The van der Waals surface area contributed by atoms with Crippen LogP contribution in [0.2, 0.25) is 0 Å². The van der Waals surface area contributed by atoms with Crippen molar-refractivity contribution in [3.05, 3.63) is 97.1 Å². The summed E-state index contributed by atoms with van der Waals surface area (Å²) in [7, 11) is 0.